The highest BCUT2D eigenvalue weighted by Crippen LogP contribution is 2.32. The SMILES string of the molecule is Cc1ccc(-n2c(SCC(=O)Nc3ccc4[nH]c(=O)[nH]c4c3)nnc2-c2cc3ccccc3o2)cc1. The zero-order valence-electron chi connectivity index (χ0n) is 19.1. The highest BCUT2D eigenvalue weighted by atomic mass is 32.2. The molecule has 0 saturated heterocycles. The van der Waals surface area contributed by atoms with Gasteiger partial charge in [-0.1, -0.05) is 47.7 Å². The first-order valence-corrected chi connectivity index (χ1v) is 12.2. The van der Waals surface area contributed by atoms with Crippen molar-refractivity contribution in [3.8, 4) is 17.3 Å². The Morgan fingerprint density at radius 1 is 1.00 bits per heavy atom. The summed E-state index contributed by atoms with van der Waals surface area (Å²) in [5.41, 5.74) is 4.36. The second-order valence-electron chi connectivity index (χ2n) is 8.30. The van der Waals surface area contributed by atoms with Gasteiger partial charge in [0.2, 0.25) is 11.7 Å². The van der Waals surface area contributed by atoms with Crippen molar-refractivity contribution in [1.29, 1.82) is 0 Å². The van der Waals surface area contributed by atoms with Crippen molar-refractivity contribution in [2.45, 2.75) is 12.1 Å². The highest BCUT2D eigenvalue weighted by Gasteiger charge is 2.20. The summed E-state index contributed by atoms with van der Waals surface area (Å²) in [6, 6.07) is 22.9. The third kappa shape index (κ3) is 4.18. The second-order valence-corrected chi connectivity index (χ2v) is 9.24. The number of aromatic amines is 2. The van der Waals surface area contributed by atoms with Crippen LogP contribution in [0.2, 0.25) is 0 Å². The molecule has 3 aromatic carbocycles. The summed E-state index contributed by atoms with van der Waals surface area (Å²) in [6.45, 7) is 2.02. The Morgan fingerprint density at radius 2 is 1.81 bits per heavy atom. The largest absolute Gasteiger partial charge is 0.453 e. The molecular formula is C26H20N6O3S. The summed E-state index contributed by atoms with van der Waals surface area (Å²) in [5, 5.41) is 13.2. The van der Waals surface area contributed by atoms with Gasteiger partial charge in [-0.15, -0.1) is 10.2 Å². The van der Waals surface area contributed by atoms with Crippen LogP contribution >= 0.6 is 11.8 Å². The van der Waals surface area contributed by atoms with Crippen LogP contribution in [-0.2, 0) is 4.79 Å². The fourth-order valence-electron chi connectivity index (χ4n) is 3.98. The van der Waals surface area contributed by atoms with Crippen molar-refractivity contribution in [2.75, 3.05) is 11.1 Å². The number of carbonyl (C=O) groups excluding carboxylic acids is 1. The van der Waals surface area contributed by atoms with Crippen molar-refractivity contribution in [1.82, 2.24) is 24.7 Å². The van der Waals surface area contributed by atoms with Crippen molar-refractivity contribution in [3.05, 3.63) is 88.8 Å². The highest BCUT2D eigenvalue weighted by molar-refractivity contribution is 7.99. The number of aryl methyl sites for hydroxylation is 1. The molecule has 3 heterocycles. The van der Waals surface area contributed by atoms with Gasteiger partial charge in [0.15, 0.2) is 10.9 Å². The fraction of sp³-hybridized carbons (Fsp3) is 0.0769. The molecule has 0 aliphatic heterocycles. The van der Waals surface area contributed by atoms with Crippen LogP contribution in [0.15, 0.2) is 87.2 Å². The molecule has 0 fully saturated rings. The van der Waals surface area contributed by atoms with Crippen molar-refractivity contribution < 1.29 is 9.21 Å². The molecule has 6 rings (SSSR count). The molecule has 0 radical (unpaired) electrons. The number of rotatable bonds is 6. The molecule has 0 spiro atoms. The lowest BCUT2D eigenvalue weighted by atomic mass is 10.2. The molecule has 10 heteroatoms. The van der Waals surface area contributed by atoms with E-state index < -0.39 is 0 Å². The third-order valence-corrected chi connectivity index (χ3v) is 6.63. The molecule has 9 nitrogen and oxygen atoms in total. The van der Waals surface area contributed by atoms with Crippen LogP contribution in [0.25, 0.3) is 39.3 Å². The molecule has 36 heavy (non-hydrogen) atoms. The number of anilines is 1. The number of nitrogens with one attached hydrogen (secondary N) is 3. The Morgan fingerprint density at radius 3 is 2.64 bits per heavy atom. The predicted molar refractivity (Wildman–Crippen MR) is 140 cm³/mol. The molecule has 1 amide bonds. The number of furan rings is 1. The average Bonchev–Trinajstić information content (AvgIpc) is 3.58. The first kappa shape index (κ1) is 21.9. The normalized spacial score (nSPS) is 11.4. The van der Waals surface area contributed by atoms with Gasteiger partial charge >= 0.3 is 5.69 Å². The lowest BCUT2D eigenvalue weighted by Gasteiger charge is -2.10. The van der Waals surface area contributed by atoms with Crippen LogP contribution < -0.4 is 11.0 Å². The van der Waals surface area contributed by atoms with E-state index in [0.717, 1.165) is 22.2 Å². The minimum absolute atomic E-state index is 0.117. The maximum absolute atomic E-state index is 12.7. The minimum atomic E-state index is -0.292. The first-order chi connectivity index (χ1) is 17.5. The molecule has 0 unspecified atom stereocenters. The van der Waals surface area contributed by atoms with E-state index in [0.29, 0.717) is 33.5 Å². The van der Waals surface area contributed by atoms with Gasteiger partial charge in [0.05, 0.1) is 16.8 Å². The number of amides is 1. The Bertz CT molecular complexity index is 1740. The molecule has 6 aromatic rings. The number of hydrogen-bond donors (Lipinski definition) is 3. The molecule has 0 aliphatic rings. The van der Waals surface area contributed by atoms with Gasteiger partial charge in [-0.05, 0) is 49.4 Å². The number of benzene rings is 3. The number of carbonyl (C=O) groups is 1. The quantitative estimate of drug-likeness (QED) is 0.282. The smallest absolute Gasteiger partial charge is 0.323 e. The summed E-state index contributed by atoms with van der Waals surface area (Å²) >= 11 is 1.28. The Hall–Kier alpha value is -4.57. The number of hydrogen-bond acceptors (Lipinski definition) is 6. The van der Waals surface area contributed by atoms with Crippen molar-refractivity contribution in [3.63, 3.8) is 0 Å². The van der Waals surface area contributed by atoms with Crippen molar-refractivity contribution in [2.24, 2.45) is 0 Å². The summed E-state index contributed by atoms with van der Waals surface area (Å²) in [6.07, 6.45) is 0. The van der Waals surface area contributed by atoms with E-state index in [1.807, 2.05) is 66.1 Å². The van der Waals surface area contributed by atoms with E-state index in [-0.39, 0.29) is 17.3 Å². The molecule has 0 atom stereocenters. The van der Waals surface area contributed by atoms with E-state index in [1.165, 1.54) is 11.8 Å². The van der Waals surface area contributed by atoms with Gasteiger partial charge in [-0.2, -0.15) is 0 Å². The standard InChI is InChI=1S/C26H20N6O3S/c1-15-6-9-18(10-7-15)32-24(22-12-16-4-2-3-5-21(16)35-22)30-31-26(32)36-14-23(33)27-17-8-11-19-20(13-17)29-25(34)28-19/h2-13H,14H2,1H3,(H,27,33)(H2,28,29,34). The summed E-state index contributed by atoms with van der Waals surface area (Å²) < 4.78 is 7.95. The zero-order chi connectivity index (χ0) is 24.6. The van der Waals surface area contributed by atoms with Crippen LogP contribution in [0.3, 0.4) is 0 Å². The van der Waals surface area contributed by atoms with Gasteiger partial charge in [-0.3, -0.25) is 9.36 Å². The Balaban J connectivity index is 1.28. The average molecular weight is 497 g/mol. The summed E-state index contributed by atoms with van der Waals surface area (Å²) in [7, 11) is 0. The zero-order valence-corrected chi connectivity index (χ0v) is 19.9. The van der Waals surface area contributed by atoms with E-state index >= 15 is 0 Å². The molecule has 0 bridgehead atoms. The number of para-hydroxylation sites is 1. The van der Waals surface area contributed by atoms with Crippen LogP contribution in [0, 0.1) is 6.92 Å². The van der Waals surface area contributed by atoms with Gasteiger partial charge in [0, 0.05) is 16.8 Å². The summed E-state index contributed by atoms with van der Waals surface area (Å²) in [4.78, 5) is 29.6. The van der Waals surface area contributed by atoms with Crippen LogP contribution in [0.4, 0.5) is 5.69 Å². The van der Waals surface area contributed by atoms with Gasteiger partial charge < -0.3 is 19.7 Å². The maximum atomic E-state index is 12.7. The predicted octanol–water partition coefficient (Wildman–Crippen LogP) is 4.89. The first-order valence-electron chi connectivity index (χ1n) is 11.2. The van der Waals surface area contributed by atoms with E-state index in [9.17, 15) is 9.59 Å². The number of thioether (sulfide) groups is 1. The number of nitrogens with zero attached hydrogens (tertiary/aromatic N) is 3. The minimum Gasteiger partial charge on any atom is -0.453 e. The van der Waals surface area contributed by atoms with Gasteiger partial charge in [0.25, 0.3) is 0 Å². The van der Waals surface area contributed by atoms with Gasteiger partial charge in [0.1, 0.15) is 5.58 Å². The topological polar surface area (TPSA) is 122 Å². The molecule has 0 aliphatic carbocycles. The molecule has 3 N–H and O–H groups in total. The lowest BCUT2D eigenvalue weighted by molar-refractivity contribution is -0.113. The Labute approximate surface area is 208 Å². The van der Waals surface area contributed by atoms with Crippen LogP contribution in [0.1, 0.15) is 5.56 Å². The van der Waals surface area contributed by atoms with Gasteiger partial charge in [-0.25, -0.2) is 4.79 Å². The maximum Gasteiger partial charge on any atom is 0.323 e. The molecule has 178 valence electrons. The van der Waals surface area contributed by atoms with E-state index in [2.05, 4.69) is 25.5 Å². The number of aromatic nitrogens is 5. The fourth-order valence-corrected chi connectivity index (χ4v) is 4.73. The monoisotopic (exact) mass is 496 g/mol. The second kappa shape index (κ2) is 8.90. The van der Waals surface area contributed by atoms with E-state index in [4.69, 9.17) is 4.42 Å². The third-order valence-electron chi connectivity index (χ3n) is 5.70. The number of fused-ring (bicyclic) bond motifs is 2. The molecular weight excluding hydrogens is 476 g/mol. The lowest BCUT2D eigenvalue weighted by Crippen LogP contribution is -2.14. The number of imidazole rings is 1. The summed E-state index contributed by atoms with van der Waals surface area (Å²) in [5.74, 6) is 1.06. The van der Waals surface area contributed by atoms with Crippen molar-refractivity contribution >= 4 is 45.4 Å². The Kier molecular flexibility index (Phi) is 5.42. The van der Waals surface area contributed by atoms with Crippen LogP contribution in [-0.4, -0.2) is 36.4 Å². The number of H-pyrrole nitrogens is 2. The van der Waals surface area contributed by atoms with E-state index in [1.54, 1.807) is 18.2 Å². The molecule has 3 aromatic heterocycles. The van der Waals surface area contributed by atoms with Crippen LogP contribution in [0.5, 0.6) is 0 Å². The molecule has 0 saturated carbocycles.